The third-order valence-corrected chi connectivity index (χ3v) is 4.30. The second-order valence-electron chi connectivity index (χ2n) is 5.40. The van der Waals surface area contributed by atoms with Gasteiger partial charge in [0.1, 0.15) is 5.82 Å². The van der Waals surface area contributed by atoms with Crippen molar-refractivity contribution < 1.29 is 4.74 Å². The minimum atomic E-state index is -0.0480. The highest BCUT2D eigenvalue weighted by Gasteiger charge is 2.33. The van der Waals surface area contributed by atoms with Gasteiger partial charge in [-0.1, -0.05) is 6.92 Å². The largest absolute Gasteiger partial charge is 0.477 e. The molecule has 4 nitrogen and oxygen atoms in total. The molecule has 0 aliphatic heterocycles. The molecule has 0 radical (unpaired) electrons. The van der Waals surface area contributed by atoms with Gasteiger partial charge in [-0.15, -0.1) is 11.6 Å². The van der Waals surface area contributed by atoms with E-state index in [-0.39, 0.29) is 5.54 Å². The maximum absolute atomic E-state index is 6.19. The Morgan fingerprint density at radius 2 is 2.16 bits per heavy atom. The summed E-state index contributed by atoms with van der Waals surface area (Å²) in [7, 11) is 0. The number of halogens is 1. The molecule has 1 fully saturated rings. The van der Waals surface area contributed by atoms with Crippen molar-refractivity contribution in [3.05, 3.63) is 12.4 Å². The fourth-order valence-electron chi connectivity index (χ4n) is 2.50. The predicted octanol–water partition coefficient (Wildman–Crippen LogP) is 3.47. The Morgan fingerprint density at radius 3 is 2.79 bits per heavy atom. The number of anilines is 1. The lowest BCUT2D eigenvalue weighted by Crippen LogP contribution is -2.43. The molecular weight excluding hydrogens is 262 g/mol. The third kappa shape index (κ3) is 3.72. The first kappa shape index (κ1) is 14.4. The van der Waals surface area contributed by atoms with Gasteiger partial charge in [-0.2, -0.15) is 4.98 Å². The molecule has 0 saturated heterocycles. The molecule has 0 amide bonds. The smallest absolute Gasteiger partial charge is 0.234 e. The van der Waals surface area contributed by atoms with Crippen molar-refractivity contribution in [2.24, 2.45) is 5.92 Å². The molecule has 1 aromatic rings. The molecule has 1 aliphatic rings. The summed E-state index contributed by atoms with van der Waals surface area (Å²) < 4.78 is 5.37. The molecule has 0 aromatic carbocycles. The fourth-order valence-corrected chi connectivity index (χ4v) is 2.84. The molecule has 0 atom stereocenters. The average molecular weight is 284 g/mol. The van der Waals surface area contributed by atoms with E-state index in [4.69, 9.17) is 16.3 Å². The Labute approximate surface area is 119 Å². The van der Waals surface area contributed by atoms with Crippen molar-refractivity contribution in [2.45, 2.75) is 45.1 Å². The Hall–Kier alpha value is -1.03. The zero-order valence-corrected chi connectivity index (χ0v) is 12.4. The number of hydrogen-bond donors (Lipinski definition) is 1. The van der Waals surface area contributed by atoms with Gasteiger partial charge in [-0.05, 0) is 38.5 Å². The molecule has 1 aliphatic carbocycles. The molecule has 1 N–H and O–H groups in total. The van der Waals surface area contributed by atoms with Crippen LogP contribution in [0.3, 0.4) is 0 Å². The van der Waals surface area contributed by atoms with Crippen LogP contribution in [-0.4, -0.2) is 28.0 Å². The highest BCUT2D eigenvalue weighted by molar-refractivity contribution is 6.18. The van der Waals surface area contributed by atoms with E-state index in [1.54, 1.807) is 12.4 Å². The number of nitrogens with zero attached hydrogens (tertiary/aromatic N) is 2. The number of alkyl halides is 1. The number of rotatable bonds is 5. The van der Waals surface area contributed by atoms with Crippen LogP contribution in [0.1, 0.15) is 39.5 Å². The lowest BCUT2D eigenvalue weighted by Gasteiger charge is -2.39. The molecule has 1 saturated carbocycles. The second-order valence-corrected chi connectivity index (χ2v) is 5.66. The summed E-state index contributed by atoms with van der Waals surface area (Å²) in [6.45, 7) is 4.83. The SMILES string of the molecule is CCOc1cncc(NC2(CCl)CCC(C)CC2)n1. The van der Waals surface area contributed by atoms with Gasteiger partial charge < -0.3 is 10.1 Å². The lowest BCUT2D eigenvalue weighted by atomic mass is 9.78. The maximum Gasteiger partial charge on any atom is 0.234 e. The Morgan fingerprint density at radius 1 is 1.42 bits per heavy atom. The molecule has 106 valence electrons. The summed E-state index contributed by atoms with van der Waals surface area (Å²) in [4.78, 5) is 8.57. The Kier molecular flexibility index (Phi) is 4.86. The number of nitrogens with one attached hydrogen (secondary N) is 1. The summed E-state index contributed by atoms with van der Waals surface area (Å²) in [5, 5.41) is 3.48. The normalized spacial score (nSPS) is 27.0. The molecule has 1 heterocycles. The molecule has 0 bridgehead atoms. The summed E-state index contributed by atoms with van der Waals surface area (Å²) in [6, 6.07) is 0. The van der Waals surface area contributed by atoms with E-state index in [1.807, 2.05) is 6.92 Å². The first-order valence-electron chi connectivity index (χ1n) is 6.96. The molecule has 0 spiro atoms. The van der Waals surface area contributed by atoms with Gasteiger partial charge in [-0.25, -0.2) is 0 Å². The number of aromatic nitrogens is 2. The first-order chi connectivity index (χ1) is 9.17. The van der Waals surface area contributed by atoms with Crippen LogP contribution in [0.4, 0.5) is 5.82 Å². The van der Waals surface area contributed by atoms with E-state index in [0.29, 0.717) is 18.4 Å². The topological polar surface area (TPSA) is 47.0 Å². The zero-order valence-electron chi connectivity index (χ0n) is 11.7. The predicted molar refractivity (Wildman–Crippen MR) is 77.9 cm³/mol. The van der Waals surface area contributed by atoms with Crippen molar-refractivity contribution in [3.63, 3.8) is 0 Å². The lowest BCUT2D eigenvalue weighted by molar-refractivity contribution is 0.285. The molecule has 0 unspecified atom stereocenters. The van der Waals surface area contributed by atoms with Gasteiger partial charge in [0, 0.05) is 5.88 Å². The van der Waals surface area contributed by atoms with Crippen LogP contribution in [0.15, 0.2) is 12.4 Å². The standard InChI is InChI=1S/C14H22ClN3O/c1-3-19-13-9-16-8-12(17-13)18-14(10-15)6-4-11(2)5-7-14/h8-9,11H,3-7,10H2,1-2H3,(H,17,18). The van der Waals surface area contributed by atoms with E-state index >= 15 is 0 Å². The van der Waals surface area contributed by atoms with E-state index < -0.39 is 0 Å². The zero-order chi connectivity index (χ0) is 13.7. The second kappa shape index (κ2) is 6.42. The van der Waals surface area contributed by atoms with Crippen LogP contribution in [0.25, 0.3) is 0 Å². The van der Waals surface area contributed by atoms with E-state index in [0.717, 1.165) is 24.6 Å². The minimum absolute atomic E-state index is 0.0480. The summed E-state index contributed by atoms with van der Waals surface area (Å²) in [6.07, 6.45) is 7.94. The molecule has 1 aromatic heterocycles. The van der Waals surface area contributed by atoms with E-state index in [2.05, 4.69) is 22.2 Å². The van der Waals surface area contributed by atoms with E-state index in [9.17, 15) is 0 Å². The molecular formula is C14H22ClN3O. The van der Waals surface area contributed by atoms with Crippen molar-refractivity contribution in [1.82, 2.24) is 9.97 Å². The first-order valence-corrected chi connectivity index (χ1v) is 7.50. The van der Waals surface area contributed by atoms with Gasteiger partial charge in [0.2, 0.25) is 5.88 Å². The van der Waals surface area contributed by atoms with Crippen molar-refractivity contribution >= 4 is 17.4 Å². The van der Waals surface area contributed by atoms with E-state index in [1.165, 1.54) is 12.8 Å². The van der Waals surface area contributed by atoms with Crippen LogP contribution >= 0.6 is 11.6 Å². The van der Waals surface area contributed by atoms with Gasteiger partial charge >= 0.3 is 0 Å². The molecule has 2 rings (SSSR count). The van der Waals surface area contributed by atoms with Crippen molar-refractivity contribution in [3.8, 4) is 5.88 Å². The number of ether oxygens (including phenoxy) is 1. The van der Waals surface area contributed by atoms with Gasteiger partial charge in [0.15, 0.2) is 0 Å². The van der Waals surface area contributed by atoms with Crippen molar-refractivity contribution in [2.75, 3.05) is 17.8 Å². The molecule has 19 heavy (non-hydrogen) atoms. The van der Waals surface area contributed by atoms with Crippen LogP contribution < -0.4 is 10.1 Å². The minimum Gasteiger partial charge on any atom is -0.477 e. The van der Waals surface area contributed by atoms with Gasteiger partial charge in [0.25, 0.3) is 0 Å². The third-order valence-electron chi connectivity index (χ3n) is 3.79. The van der Waals surface area contributed by atoms with Crippen LogP contribution in [0.2, 0.25) is 0 Å². The summed E-state index contributed by atoms with van der Waals surface area (Å²) in [5.41, 5.74) is -0.0480. The van der Waals surface area contributed by atoms with Gasteiger partial charge in [0.05, 0.1) is 24.5 Å². The molecule has 5 heteroatoms. The Bertz CT molecular complexity index is 405. The average Bonchev–Trinajstić information content (AvgIpc) is 2.43. The van der Waals surface area contributed by atoms with Crippen molar-refractivity contribution in [1.29, 1.82) is 0 Å². The quantitative estimate of drug-likeness (QED) is 0.841. The number of hydrogen-bond acceptors (Lipinski definition) is 4. The summed E-state index contributed by atoms with van der Waals surface area (Å²) >= 11 is 6.19. The maximum atomic E-state index is 6.19. The van der Waals surface area contributed by atoms with Crippen LogP contribution in [-0.2, 0) is 0 Å². The van der Waals surface area contributed by atoms with Crippen LogP contribution in [0, 0.1) is 5.92 Å². The Balaban J connectivity index is 2.07. The summed E-state index contributed by atoms with van der Waals surface area (Å²) in [5.74, 6) is 2.70. The fraction of sp³-hybridized carbons (Fsp3) is 0.714. The highest BCUT2D eigenvalue weighted by atomic mass is 35.5. The monoisotopic (exact) mass is 283 g/mol. The highest BCUT2D eigenvalue weighted by Crippen LogP contribution is 2.35. The van der Waals surface area contributed by atoms with Gasteiger partial charge in [-0.3, -0.25) is 4.98 Å². The van der Waals surface area contributed by atoms with Crippen LogP contribution in [0.5, 0.6) is 5.88 Å².